The lowest BCUT2D eigenvalue weighted by molar-refractivity contribution is -0.139. The van der Waals surface area contributed by atoms with Gasteiger partial charge in [-0.3, -0.25) is 14.8 Å². The standard InChI is InChI=1S/C14H19N3O3/c15-8-10-3-5-11(6-4-10)16-13(18)12(14(19)17-20)7-9-1-2-9/h3-6,9,12,20H,1-2,7-8,15H2,(H,16,18)(H,17,19). The highest BCUT2D eigenvalue weighted by atomic mass is 16.5. The van der Waals surface area contributed by atoms with Crippen LogP contribution in [0.2, 0.25) is 0 Å². The predicted molar refractivity (Wildman–Crippen MR) is 73.7 cm³/mol. The Labute approximate surface area is 117 Å². The minimum atomic E-state index is -0.860. The maximum atomic E-state index is 12.1. The van der Waals surface area contributed by atoms with Crippen LogP contribution in [-0.2, 0) is 16.1 Å². The molecule has 1 unspecified atom stereocenters. The summed E-state index contributed by atoms with van der Waals surface area (Å²) in [4.78, 5) is 23.7. The van der Waals surface area contributed by atoms with Crippen molar-refractivity contribution in [2.45, 2.75) is 25.8 Å². The summed E-state index contributed by atoms with van der Waals surface area (Å²) >= 11 is 0. The van der Waals surface area contributed by atoms with Crippen molar-refractivity contribution in [1.82, 2.24) is 5.48 Å². The number of benzene rings is 1. The number of hydrogen-bond donors (Lipinski definition) is 4. The van der Waals surface area contributed by atoms with E-state index in [4.69, 9.17) is 10.9 Å². The van der Waals surface area contributed by atoms with Gasteiger partial charge in [-0.2, -0.15) is 0 Å². The van der Waals surface area contributed by atoms with Gasteiger partial charge in [0.25, 0.3) is 5.91 Å². The second-order valence-electron chi connectivity index (χ2n) is 5.10. The molecule has 5 N–H and O–H groups in total. The fourth-order valence-corrected chi connectivity index (χ4v) is 2.05. The third-order valence-corrected chi connectivity index (χ3v) is 3.47. The van der Waals surface area contributed by atoms with Gasteiger partial charge in [-0.25, -0.2) is 5.48 Å². The van der Waals surface area contributed by atoms with Crippen LogP contribution >= 0.6 is 0 Å². The number of carbonyl (C=O) groups excluding carboxylic acids is 2. The van der Waals surface area contributed by atoms with Crippen molar-refractivity contribution >= 4 is 17.5 Å². The molecule has 0 spiro atoms. The van der Waals surface area contributed by atoms with E-state index in [2.05, 4.69) is 5.32 Å². The van der Waals surface area contributed by atoms with E-state index in [1.165, 1.54) is 0 Å². The van der Waals surface area contributed by atoms with Gasteiger partial charge in [0.05, 0.1) is 0 Å². The number of rotatable bonds is 6. The van der Waals surface area contributed by atoms with Gasteiger partial charge in [0.15, 0.2) is 0 Å². The lowest BCUT2D eigenvalue weighted by Crippen LogP contribution is -2.37. The van der Waals surface area contributed by atoms with E-state index < -0.39 is 17.7 Å². The van der Waals surface area contributed by atoms with Gasteiger partial charge in [-0.15, -0.1) is 0 Å². The normalized spacial score (nSPS) is 15.5. The second kappa shape index (κ2) is 6.49. The Balaban J connectivity index is 2.00. The number of carbonyl (C=O) groups is 2. The number of anilines is 1. The van der Waals surface area contributed by atoms with Crippen LogP contribution in [0.1, 0.15) is 24.8 Å². The Hall–Kier alpha value is -1.92. The Bertz CT molecular complexity index is 483. The molecule has 1 aromatic rings. The van der Waals surface area contributed by atoms with Crippen molar-refractivity contribution in [1.29, 1.82) is 0 Å². The molecule has 0 aromatic heterocycles. The second-order valence-corrected chi connectivity index (χ2v) is 5.10. The van der Waals surface area contributed by atoms with Gasteiger partial charge in [0.1, 0.15) is 5.92 Å². The van der Waals surface area contributed by atoms with Crippen molar-refractivity contribution < 1.29 is 14.8 Å². The molecule has 1 aliphatic carbocycles. The molecule has 2 amide bonds. The largest absolute Gasteiger partial charge is 0.326 e. The molecule has 108 valence electrons. The summed E-state index contributed by atoms with van der Waals surface area (Å²) in [6.45, 7) is 0.436. The molecule has 0 saturated heterocycles. The quantitative estimate of drug-likeness (QED) is 0.354. The molecular weight excluding hydrogens is 258 g/mol. The first-order valence-electron chi connectivity index (χ1n) is 6.68. The summed E-state index contributed by atoms with van der Waals surface area (Å²) < 4.78 is 0. The molecule has 1 aliphatic rings. The van der Waals surface area contributed by atoms with Crippen LogP contribution in [0.15, 0.2) is 24.3 Å². The van der Waals surface area contributed by atoms with E-state index in [-0.39, 0.29) is 0 Å². The molecule has 6 nitrogen and oxygen atoms in total. The van der Waals surface area contributed by atoms with Crippen molar-refractivity contribution in [3.05, 3.63) is 29.8 Å². The highest BCUT2D eigenvalue weighted by molar-refractivity contribution is 6.06. The van der Waals surface area contributed by atoms with Gasteiger partial charge >= 0.3 is 0 Å². The van der Waals surface area contributed by atoms with Crippen LogP contribution in [0.25, 0.3) is 0 Å². The van der Waals surface area contributed by atoms with Crippen molar-refractivity contribution in [2.75, 3.05) is 5.32 Å². The molecule has 0 bridgehead atoms. The molecule has 1 saturated carbocycles. The third-order valence-electron chi connectivity index (χ3n) is 3.47. The molecule has 0 radical (unpaired) electrons. The molecule has 0 heterocycles. The lowest BCUT2D eigenvalue weighted by atomic mass is 10.0. The lowest BCUT2D eigenvalue weighted by Gasteiger charge is -2.14. The van der Waals surface area contributed by atoms with E-state index in [0.29, 0.717) is 24.6 Å². The smallest absolute Gasteiger partial charge is 0.255 e. The summed E-state index contributed by atoms with van der Waals surface area (Å²) in [6, 6.07) is 7.12. The van der Waals surface area contributed by atoms with E-state index in [0.717, 1.165) is 18.4 Å². The SMILES string of the molecule is NCc1ccc(NC(=O)C(CC2CC2)C(=O)NO)cc1. The minimum absolute atomic E-state index is 0.399. The van der Waals surface area contributed by atoms with Crippen molar-refractivity contribution in [3.8, 4) is 0 Å². The zero-order valence-corrected chi connectivity index (χ0v) is 11.1. The molecule has 6 heteroatoms. The maximum absolute atomic E-state index is 12.1. The predicted octanol–water partition coefficient (Wildman–Crippen LogP) is 1.01. The minimum Gasteiger partial charge on any atom is -0.326 e. The van der Waals surface area contributed by atoms with Gasteiger partial charge in [0, 0.05) is 12.2 Å². The molecule has 1 fully saturated rings. The molecule has 1 atom stereocenters. The summed E-state index contributed by atoms with van der Waals surface area (Å²) in [5.74, 6) is -1.51. The Morgan fingerprint density at radius 2 is 1.90 bits per heavy atom. The van der Waals surface area contributed by atoms with Gasteiger partial charge in [-0.1, -0.05) is 25.0 Å². The van der Waals surface area contributed by atoms with E-state index in [1.54, 1.807) is 17.6 Å². The van der Waals surface area contributed by atoms with E-state index in [1.807, 2.05) is 12.1 Å². The van der Waals surface area contributed by atoms with E-state index >= 15 is 0 Å². The summed E-state index contributed by atoms with van der Waals surface area (Å²) in [5, 5.41) is 11.4. The maximum Gasteiger partial charge on any atom is 0.255 e. The fraction of sp³-hybridized carbons (Fsp3) is 0.429. The van der Waals surface area contributed by atoms with Crippen LogP contribution in [0.5, 0.6) is 0 Å². The molecule has 2 rings (SSSR count). The van der Waals surface area contributed by atoms with Gasteiger partial charge < -0.3 is 11.1 Å². The molecule has 20 heavy (non-hydrogen) atoms. The Kier molecular flexibility index (Phi) is 4.70. The molecule has 1 aromatic carbocycles. The van der Waals surface area contributed by atoms with Crippen LogP contribution in [0.3, 0.4) is 0 Å². The first-order valence-corrected chi connectivity index (χ1v) is 6.68. The molecular formula is C14H19N3O3. The monoisotopic (exact) mass is 277 g/mol. The van der Waals surface area contributed by atoms with Crippen LogP contribution in [-0.4, -0.2) is 17.0 Å². The number of hydroxylamine groups is 1. The summed E-state index contributed by atoms with van der Waals surface area (Å²) in [6.07, 6.45) is 2.54. The average Bonchev–Trinajstić information content (AvgIpc) is 3.28. The number of nitrogens with one attached hydrogen (secondary N) is 2. The van der Waals surface area contributed by atoms with Crippen molar-refractivity contribution in [3.63, 3.8) is 0 Å². The fourth-order valence-electron chi connectivity index (χ4n) is 2.05. The zero-order valence-electron chi connectivity index (χ0n) is 11.1. The molecule has 0 aliphatic heterocycles. The number of hydrogen-bond acceptors (Lipinski definition) is 4. The highest BCUT2D eigenvalue weighted by Crippen LogP contribution is 2.35. The summed E-state index contributed by atoms with van der Waals surface area (Å²) in [7, 11) is 0. The highest BCUT2D eigenvalue weighted by Gasteiger charge is 2.33. The van der Waals surface area contributed by atoms with Crippen LogP contribution in [0.4, 0.5) is 5.69 Å². The number of amides is 2. The first kappa shape index (κ1) is 14.5. The number of nitrogens with two attached hydrogens (primary N) is 1. The zero-order chi connectivity index (χ0) is 14.5. The Morgan fingerprint density at radius 1 is 1.25 bits per heavy atom. The third kappa shape index (κ3) is 3.79. The topological polar surface area (TPSA) is 104 Å². The van der Waals surface area contributed by atoms with Gasteiger partial charge in [-0.05, 0) is 30.0 Å². The average molecular weight is 277 g/mol. The first-order chi connectivity index (χ1) is 9.63. The van der Waals surface area contributed by atoms with Crippen molar-refractivity contribution in [2.24, 2.45) is 17.6 Å². The summed E-state index contributed by atoms with van der Waals surface area (Å²) in [5.41, 5.74) is 8.64. The van der Waals surface area contributed by atoms with Gasteiger partial charge in [0.2, 0.25) is 5.91 Å². The van der Waals surface area contributed by atoms with E-state index in [9.17, 15) is 9.59 Å². The van der Waals surface area contributed by atoms with Crippen LogP contribution in [0, 0.1) is 11.8 Å². The Morgan fingerprint density at radius 3 is 2.40 bits per heavy atom. The van der Waals surface area contributed by atoms with Crippen LogP contribution < -0.4 is 16.5 Å².